The minimum Gasteiger partial charge on any atom is -0.399 e. The summed E-state index contributed by atoms with van der Waals surface area (Å²) in [4.78, 5) is 0. The minimum absolute atomic E-state index is 0.606. The quantitative estimate of drug-likeness (QED) is 0.383. The molecule has 0 bridgehead atoms. The van der Waals surface area contributed by atoms with Crippen LogP contribution in [0.4, 0.5) is 0 Å². The second-order valence-electron chi connectivity index (χ2n) is 6.46. The second kappa shape index (κ2) is 12.6. The molecular formula is C23H37N. The molecule has 0 atom stereocenters. The molecule has 0 radical (unpaired) electrons. The van der Waals surface area contributed by atoms with E-state index in [2.05, 4.69) is 52.7 Å². The largest absolute Gasteiger partial charge is 0.399 e. The molecule has 0 fully saturated rings. The Balaban J connectivity index is 4.57. The maximum atomic E-state index is 5.81. The van der Waals surface area contributed by atoms with Gasteiger partial charge in [-0.3, -0.25) is 0 Å². The third-order valence-corrected chi connectivity index (χ3v) is 4.61. The van der Waals surface area contributed by atoms with Gasteiger partial charge in [0.2, 0.25) is 0 Å². The monoisotopic (exact) mass is 327 g/mol. The molecular weight excluding hydrogens is 290 g/mol. The van der Waals surface area contributed by atoms with Crippen LogP contribution in [0.3, 0.4) is 0 Å². The molecule has 0 heterocycles. The Morgan fingerprint density at radius 1 is 1.12 bits per heavy atom. The highest BCUT2D eigenvalue weighted by atomic mass is 14.6. The molecule has 0 aliphatic carbocycles. The summed E-state index contributed by atoms with van der Waals surface area (Å²) >= 11 is 0. The van der Waals surface area contributed by atoms with E-state index in [0.29, 0.717) is 5.70 Å². The van der Waals surface area contributed by atoms with Gasteiger partial charge >= 0.3 is 0 Å². The molecule has 2 N–H and O–H groups in total. The predicted octanol–water partition coefficient (Wildman–Crippen LogP) is 7.02. The summed E-state index contributed by atoms with van der Waals surface area (Å²) in [7, 11) is 0. The van der Waals surface area contributed by atoms with E-state index in [0.717, 1.165) is 41.9 Å². The highest BCUT2D eigenvalue weighted by Gasteiger charge is 2.04. The molecule has 0 aliphatic rings. The van der Waals surface area contributed by atoms with E-state index in [4.69, 9.17) is 5.73 Å². The van der Waals surface area contributed by atoms with Crippen molar-refractivity contribution < 1.29 is 0 Å². The Bertz CT molecular complexity index is 510. The molecule has 1 nitrogen and oxygen atoms in total. The molecule has 0 saturated heterocycles. The van der Waals surface area contributed by atoms with Crippen LogP contribution in [-0.4, -0.2) is 0 Å². The van der Waals surface area contributed by atoms with Crippen molar-refractivity contribution in [2.45, 2.75) is 66.2 Å². The summed E-state index contributed by atoms with van der Waals surface area (Å²) in [6.45, 7) is 20.5. The maximum absolute atomic E-state index is 5.81. The lowest BCUT2D eigenvalue weighted by Crippen LogP contribution is -2.00. The van der Waals surface area contributed by atoms with Crippen LogP contribution in [0.15, 0.2) is 72.0 Å². The van der Waals surface area contributed by atoms with Crippen molar-refractivity contribution in [2.75, 3.05) is 0 Å². The van der Waals surface area contributed by atoms with Crippen molar-refractivity contribution in [3.05, 3.63) is 72.0 Å². The molecule has 0 spiro atoms. The Kier molecular flexibility index (Phi) is 11.7. The number of hydrogen-bond acceptors (Lipinski definition) is 1. The molecule has 1 heteroatoms. The maximum Gasteiger partial charge on any atom is 0.0313 e. The van der Waals surface area contributed by atoms with Gasteiger partial charge in [-0.25, -0.2) is 0 Å². The zero-order chi connectivity index (χ0) is 18.5. The number of hydrogen-bond donors (Lipinski definition) is 1. The minimum atomic E-state index is 0.606. The van der Waals surface area contributed by atoms with Crippen LogP contribution < -0.4 is 5.73 Å². The van der Waals surface area contributed by atoms with Gasteiger partial charge in [0.05, 0.1) is 0 Å². The number of allylic oxidation sites excluding steroid dienone is 7. The Morgan fingerprint density at radius 2 is 1.75 bits per heavy atom. The van der Waals surface area contributed by atoms with Gasteiger partial charge in [0.15, 0.2) is 0 Å². The molecule has 0 aliphatic heterocycles. The standard InChI is InChI=1S/C23H37N/c1-8-21(9-2)15-16-22(10-3)14-12-13-18(5)17-19(6)23(11-4)20(7)24/h10-11,14,17,21H,3,5,7-9,12-13,15-16,24H2,1-2,4,6H3/b19-17-,22-14-,23-11+. The van der Waals surface area contributed by atoms with E-state index >= 15 is 0 Å². The lowest BCUT2D eigenvalue weighted by molar-refractivity contribution is 0.457. The van der Waals surface area contributed by atoms with Crippen molar-refractivity contribution >= 4 is 0 Å². The van der Waals surface area contributed by atoms with E-state index in [1.165, 1.54) is 24.8 Å². The van der Waals surface area contributed by atoms with Gasteiger partial charge in [0.1, 0.15) is 0 Å². The fraction of sp³-hybridized carbons (Fsp3) is 0.478. The summed E-state index contributed by atoms with van der Waals surface area (Å²) in [6, 6.07) is 0. The van der Waals surface area contributed by atoms with Crippen LogP contribution >= 0.6 is 0 Å². The molecule has 0 amide bonds. The normalized spacial score (nSPS) is 13.3. The summed E-state index contributed by atoms with van der Waals surface area (Å²) in [6.07, 6.45) is 15.3. The molecule has 0 unspecified atom stereocenters. The van der Waals surface area contributed by atoms with Gasteiger partial charge < -0.3 is 5.73 Å². The molecule has 24 heavy (non-hydrogen) atoms. The molecule has 0 saturated carbocycles. The third kappa shape index (κ3) is 8.76. The topological polar surface area (TPSA) is 26.0 Å². The van der Waals surface area contributed by atoms with Crippen LogP contribution in [0.25, 0.3) is 0 Å². The van der Waals surface area contributed by atoms with E-state index in [9.17, 15) is 0 Å². The summed E-state index contributed by atoms with van der Waals surface area (Å²) in [5, 5.41) is 0. The van der Waals surface area contributed by atoms with Gasteiger partial charge in [-0.15, -0.1) is 0 Å². The average Bonchev–Trinajstić information content (AvgIpc) is 2.54. The Morgan fingerprint density at radius 3 is 2.21 bits per heavy atom. The fourth-order valence-electron chi connectivity index (χ4n) is 2.92. The molecule has 0 aromatic carbocycles. The van der Waals surface area contributed by atoms with E-state index < -0.39 is 0 Å². The van der Waals surface area contributed by atoms with Crippen LogP contribution in [0, 0.1) is 5.92 Å². The SMILES string of the molecule is C=C/C(=C/CCC(=C)/C=C(C)\C(=C/C)C(=C)N)CCC(CC)CC. The van der Waals surface area contributed by atoms with Gasteiger partial charge in [-0.2, -0.15) is 0 Å². The summed E-state index contributed by atoms with van der Waals surface area (Å²) in [5.74, 6) is 0.831. The van der Waals surface area contributed by atoms with Crippen LogP contribution in [-0.2, 0) is 0 Å². The average molecular weight is 328 g/mol. The van der Waals surface area contributed by atoms with Gasteiger partial charge in [0.25, 0.3) is 0 Å². The molecule has 0 aromatic heterocycles. The predicted molar refractivity (Wildman–Crippen MR) is 111 cm³/mol. The molecule has 0 aromatic rings. The lowest BCUT2D eigenvalue weighted by atomic mass is 9.94. The van der Waals surface area contributed by atoms with Gasteiger partial charge in [-0.1, -0.05) is 81.9 Å². The van der Waals surface area contributed by atoms with Crippen molar-refractivity contribution in [3.63, 3.8) is 0 Å². The summed E-state index contributed by atoms with van der Waals surface area (Å²) < 4.78 is 0. The first-order valence-corrected chi connectivity index (χ1v) is 9.18. The zero-order valence-corrected chi connectivity index (χ0v) is 16.3. The lowest BCUT2D eigenvalue weighted by Gasteiger charge is -2.12. The molecule has 134 valence electrons. The first-order chi connectivity index (χ1) is 11.4. The van der Waals surface area contributed by atoms with Crippen molar-refractivity contribution in [1.82, 2.24) is 0 Å². The highest BCUT2D eigenvalue weighted by molar-refractivity contribution is 5.45. The van der Waals surface area contributed by atoms with Crippen LogP contribution in [0.5, 0.6) is 0 Å². The fourth-order valence-corrected chi connectivity index (χ4v) is 2.92. The second-order valence-corrected chi connectivity index (χ2v) is 6.46. The third-order valence-electron chi connectivity index (χ3n) is 4.61. The Labute approximate surface area is 150 Å². The van der Waals surface area contributed by atoms with Crippen molar-refractivity contribution in [3.8, 4) is 0 Å². The molecule has 0 rings (SSSR count). The smallest absolute Gasteiger partial charge is 0.0313 e. The van der Waals surface area contributed by atoms with Gasteiger partial charge in [-0.05, 0) is 56.6 Å². The first-order valence-electron chi connectivity index (χ1n) is 9.18. The van der Waals surface area contributed by atoms with Crippen molar-refractivity contribution in [1.29, 1.82) is 0 Å². The highest BCUT2D eigenvalue weighted by Crippen LogP contribution is 2.21. The number of rotatable bonds is 12. The van der Waals surface area contributed by atoms with E-state index in [1.807, 2.05) is 19.1 Å². The van der Waals surface area contributed by atoms with E-state index in [1.54, 1.807) is 0 Å². The van der Waals surface area contributed by atoms with Crippen LogP contribution in [0.2, 0.25) is 0 Å². The Hall–Kier alpha value is -1.76. The van der Waals surface area contributed by atoms with Crippen LogP contribution in [0.1, 0.15) is 66.2 Å². The first kappa shape index (κ1) is 22.2. The van der Waals surface area contributed by atoms with Gasteiger partial charge in [0, 0.05) is 5.70 Å². The van der Waals surface area contributed by atoms with E-state index in [-0.39, 0.29) is 0 Å². The number of nitrogens with two attached hydrogens (primary N) is 1. The summed E-state index contributed by atoms with van der Waals surface area (Å²) in [5.41, 5.74) is 11.0. The zero-order valence-electron chi connectivity index (χ0n) is 16.3. The van der Waals surface area contributed by atoms with Crippen molar-refractivity contribution in [2.24, 2.45) is 11.7 Å².